The van der Waals surface area contributed by atoms with E-state index in [1.165, 1.54) is 0 Å². The number of carbonyl (C=O) groups excluding carboxylic acids is 1. The molecule has 1 saturated carbocycles. The number of aliphatic carboxylic acids is 1. The minimum absolute atomic E-state index is 0.0318. The van der Waals surface area contributed by atoms with Crippen molar-refractivity contribution in [1.29, 1.82) is 0 Å². The topological polar surface area (TPSA) is 86.6 Å². The number of carboxylic acid groups (broad SMARTS) is 1. The minimum Gasteiger partial charge on any atom is -0.481 e. The molecule has 1 aliphatic rings. The number of benzene rings is 1. The van der Waals surface area contributed by atoms with Gasteiger partial charge >= 0.3 is 5.97 Å². The predicted molar refractivity (Wildman–Crippen MR) is 78.8 cm³/mol. The Hall–Kier alpha value is -1.88. The van der Waals surface area contributed by atoms with Gasteiger partial charge in [-0.05, 0) is 36.0 Å². The van der Waals surface area contributed by atoms with Crippen molar-refractivity contribution < 1.29 is 19.8 Å². The molecule has 2 rings (SSSR count). The first-order valence-electron chi connectivity index (χ1n) is 7.24. The molecule has 1 aliphatic carbocycles. The predicted octanol–water partition coefficient (Wildman–Crippen LogP) is 2.54. The van der Waals surface area contributed by atoms with Gasteiger partial charge in [0, 0.05) is 12.1 Å². The molecule has 5 heteroatoms. The van der Waals surface area contributed by atoms with Gasteiger partial charge in [-0.15, -0.1) is 0 Å². The fraction of sp³-hybridized carbons (Fsp3) is 0.500. The van der Waals surface area contributed by atoms with Gasteiger partial charge in [-0.1, -0.05) is 25.0 Å². The highest BCUT2D eigenvalue weighted by Crippen LogP contribution is 2.44. The number of amides is 1. The SMILES string of the molecule is O=C(O)CC1(CC(=O)Nc2ccc(CO)cc2)CCCC1. The maximum Gasteiger partial charge on any atom is 0.303 e. The number of rotatable bonds is 6. The van der Waals surface area contributed by atoms with Crippen molar-refractivity contribution >= 4 is 17.6 Å². The number of carbonyl (C=O) groups is 2. The average Bonchev–Trinajstić information content (AvgIpc) is 2.86. The molecule has 1 aromatic rings. The lowest BCUT2D eigenvalue weighted by molar-refractivity contribution is -0.140. The molecule has 0 heterocycles. The first kappa shape index (κ1) is 15.5. The molecule has 0 aromatic heterocycles. The van der Waals surface area contributed by atoms with E-state index in [-0.39, 0.29) is 30.8 Å². The van der Waals surface area contributed by atoms with Crippen LogP contribution in [-0.4, -0.2) is 22.1 Å². The van der Waals surface area contributed by atoms with Crippen LogP contribution in [0.3, 0.4) is 0 Å². The van der Waals surface area contributed by atoms with E-state index in [9.17, 15) is 9.59 Å². The molecule has 1 aromatic carbocycles. The van der Waals surface area contributed by atoms with Gasteiger partial charge in [-0.3, -0.25) is 9.59 Å². The van der Waals surface area contributed by atoms with Crippen LogP contribution in [0.5, 0.6) is 0 Å². The second-order valence-electron chi connectivity index (χ2n) is 5.86. The van der Waals surface area contributed by atoms with Crippen molar-refractivity contribution in [3.8, 4) is 0 Å². The first-order valence-corrected chi connectivity index (χ1v) is 7.24. The summed E-state index contributed by atoms with van der Waals surface area (Å²) in [7, 11) is 0. The average molecular weight is 291 g/mol. The molecule has 21 heavy (non-hydrogen) atoms. The summed E-state index contributed by atoms with van der Waals surface area (Å²) < 4.78 is 0. The van der Waals surface area contributed by atoms with E-state index >= 15 is 0 Å². The van der Waals surface area contributed by atoms with Crippen LogP contribution >= 0.6 is 0 Å². The summed E-state index contributed by atoms with van der Waals surface area (Å²) in [6.07, 6.45) is 3.90. The van der Waals surface area contributed by atoms with Crippen LogP contribution in [-0.2, 0) is 16.2 Å². The van der Waals surface area contributed by atoms with Crippen molar-refractivity contribution in [3.63, 3.8) is 0 Å². The zero-order valence-electron chi connectivity index (χ0n) is 12.0. The first-order chi connectivity index (χ1) is 10.0. The van der Waals surface area contributed by atoms with E-state index in [1.807, 2.05) is 0 Å². The normalized spacial score (nSPS) is 16.6. The second kappa shape index (κ2) is 6.72. The van der Waals surface area contributed by atoms with Crippen LogP contribution < -0.4 is 5.32 Å². The Kier molecular flexibility index (Phi) is 4.96. The van der Waals surface area contributed by atoms with E-state index in [2.05, 4.69) is 5.32 Å². The van der Waals surface area contributed by atoms with Gasteiger partial charge in [0.25, 0.3) is 0 Å². The summed E-state index contributed by atoms with van der Waals surface area (Å²) in [5, 5.41) is 20.8. The number of aliphatic hydroxyl groups is 1. The van der Waals surface area contributed by atoms with E-state index < -0.39 is 5.97 Å². The quantitative estimate of drug-likeness (QED) is 0.751. The summed E-state index contributed by atoms with van der Waals surface area (Å²) >= 11 is 0. The van der Waals surface area contributed by atoms with Gasteiger partial charge in [0.2, 0.25) is 5.91 Å². The third kappa shape index (κ3) is 4.29. The Labute approximate surface area is 124 Å². The Balaban J connectivity index is 1.97. The van der Waals surface area contributed by atoms with Gasteiger partial charge in [0.1, 0.15) is 0 Å². The Morgan fingerprint density at radius 1 is 1.10 bits per heavy atom. The minimum atomic E-state index is -0.836. The molecule has 0 saturated heterocycles. The molecule has 0 bridgehead atoms. The second-order valence-corrected chi connectivity index (χ2v) is 5.86. The molecule has 1 fully saturated rings. The Bertz CT molecular complexity index is 504. The zero-order valence-corrected chi connectivity index (χ0v) is 12.0. The summed E-state index contributed by atoms with van der Waals surface area (Å²) in [6.45, 7) is -0.0318. The molecule has 114 valence electrons. The number of anilines is 1. The maximum absolute atomic E-state index is 12.2. The molecule has 0 unspecified atom stereocenters. The number of hydrogen-bond acceptors (Lipinski definition) is 3. The van der Waals surface area contributed by atoms with Crippen molar-refractivity contribution in [2.24, 2.45) is 5.41 Å². The molecule has 0 radical (unpaired) electrons. The lowest BCUT2D eigenvalue weighted by Crippen LogP contribution is -2.27. The third-order valence-corrected chi connectivity index (χ3v) is 4.15. The summed E-state index contributed by atoms with van der Waals surface area (Å²) in [4.78, 5) is 23.2. The van der Waals surface area contributed by atoms with Crippen LogP contribution in [0.25, 0.3) is 0 Å². The van der Waals surface area contributed by atoms with Gasteiger partial charge in [-0.2, -0.15) is 0 Å². The molecular formula is C16H21NO4. The fourth-order valence-electron chi connectivity index (χ4n) is 3.10. The van der Waals surface area contributed by atoms with Gasteiger partial charge in [0.05, 0.1) is 13.0 Å². The molecule has 0 spiro atoms. The summed E-state index contributed by atoms with van der Waals surface area (Å²) in [5.41, 5.74) is 1.06. The molecular weight excluding hydrogens is 270 g/mol. The Morgan fingerprint density at radius 3 is 2.24 bits per heavy atom. The Morgan fingerprint density at radius 2 is 1.71 bits per heavy atom. The lowest BCUT2D eigenvalue weighted by atomic mass is 9.79. The highest BCUT2D eigenvalue weighted by Gasteiger charge is 2.37. The maximum atomic E-state index is 12.2. The van der Waals surface area contributed by atoms with E-state index in [0.717, 1.165) is 31.2 Å². The number of hydrogen-bond donors (Lipinski definition) is 3. The van der Waals surface area contributed by atoms with Crippen LogP contribution in [0.15, 0.2) is 24.3 Å². The third-order valence-electron chi connectivity index (χ3n) is 4.15. The molecule has 5 nitrogen and oxygen atoms in total. The standard InChI is InChI=1S/C16H21NO4/c18-11-12-3-5-13(6-4-12)17-14(19)9-16(10-15(20)21)7-1-2-8-16/h3-6,18H,1-2,7-11H2,(H,17,19)(H,20,21). The smallest absolute Gasteiger partial charge is 0.303 e. The number of carboxylic acids is 1. The highest BCUT2D eigenvalue weighted by molar-refractivity contribution is 5.91. The van der Waals surface area contributed by atoms with Gasteiger partial charge < -0.3 is 15.5 Å². The lowest BCUT2D eigenvalue weighted by Gasteiger charge is -2.26. The van der Waals surface area contributed by atoms with Crippen molar-refractivity contribution in [2.45, 2.75) is 45.1 Å². The highest BCUT2D eigenvalue weighted by atomic mass is 16.4. The summed E-state index contributed by atoms with van der Waals surface area (Å²) in [6, 6.07) is 6.97. The van der Waals surface area contributed by atoms with Crippen molar-refractivity contribution in [1.82, 2.24) is 0 Å². The van der Waals surface area contributed by atoms with E-state index in [4.69, 9.17) is 10.2 Å². The summed E-state index contributed by atoms with van der Waals surface area (Å²) in [5.74, 6) is -0.980. The number of aliphatic hydroxyl groups excluding tert-OH is 1. The zero-order chi connectivity index (χ0) is 15.3. The van der Waals surface area contributed by atoms with Crippen LogP contribution in [0.2, 0.25) is 0 Å². The van der Waals surface area contributed by atoms with Crippen molar-refractivity contribution in [3.05, 3.63) is 29.8 Å². The van der Waals surface area contributed by atoms with Gasteiger partial charge in [-0.25, -0.2) is 0 Å². The fourth-order valence-corrected chi connectivity index (χ4v) is 3.10. The van der Waals surface area contributed by atoms with E-state index in [0.29, 0.717) is 5.69 Å². The van der Waals surface area contributed by atoms with Crippen molar-refractivity contribution in [2.75, 3.05) is 5.32 Å². The van der Waals surface area contributed by atoms with Crippen LogP contribution in [0.1, 0.15) is 44.1 Å². The van der Waals surface area contributed by atoms with Crippen LogP contribution in [0.4, 0.5) is 5.69 Å². The van der Waals surface area contributed by atoms with Crippen LogP contribution in [0, 0.1) is 5.41 Å². The number of nitrogens with one attached hydrogen (secondary N) is 1. The molecule has 1 amide bonds. The molecule has 0 atom stereocenters. The largest absolute Gasteiger partial charge is 0.481 e. The van der Waals surface area contributed by atoms with Gasteiger partial charge in [0.15, 0.2) is 0 Å². The monoisotopic (exact) mass is 291 g/mol. The molecule has 3 N–H and O–H groups in total. The molecule has 0 aliphatic heterocycles. The van der Waals surface area contributed by atoms with E-state index in [1.54, 1.807) is 24.3 Å².